The van der Waals surface area contributed by atoms with Crippen LogP contribution in [0.25, 0.3) is 0 Å². The quantitative estimate of drug-likeness (QED) is 0.880. The molecule has 0 unspecified atom stereocenters. The third kappa shape index (κ3) is 4.28. The first-order chi connectivity index (χ1) is 9.69. The second-order valence-electron chi connectivity index (χ2n) is 4.46. The van der Waals surface area contributed by atoms with Crippen molar-refractivity contribution in [2.45, 2.75) is 27.0 Å². The molecule has 1 aromatic heterocycles. The summed E-state index contributed by atoms with van der Waals surface area (Å²) in [6.07, 6.45) is 1.82. The number of rotatable bonds is 6. The molecule has 0 aliphatic rings. The molecule has 2 aromatic rings. The molecular weight excluding hydrogens is 318 g/mol. The molecule has 0 saturated heterocycles. The van der Waals surface area contributed by atoms with E-state index in [1.165, 1.54) is 0 Å². The predicted molar refractivity (Wildman–Crippen MR) is 82.6 cm³/mol. The first-order valence-corrected chi connectivity index (χ1v) is 7.39. The van der Waals surface area contributed by atoms with Crippen LogP contribution in [-0.2, 0) is 13.2 Å². The molecule has 0 radical (unpaired) electrons. The second-order valence-corrected chi connectivity index (χ2v) is 5.37. The van der Waals surface area contributed by atoms with E-state index in [9.17, 15) is 0 Å². The van der Waals surface area contributed by atoms with E-state index in [0.717, 1.165) is 34.4 Å². The van der Waals surface area contributed by atoms with Gasteiger partial charge in [-0.05, 0) is 31.2 Å². The Hall–Kier alpha value is -1.46. The maximum Gasteiger partial charge on any atom is 0.316 e. The van der Waals surface area contributed by atoms with Crippen LogP contribution >= 0.6 is 15.9 Å². The number of aryl methyl sites for hydroxylation is 1. The van der Waals surface area contributed by atoms with E-state index >= 15 is 0 Å². The van der Waals surface area contributed by atoms with Crippen LogP contribution in [-0.4, -0.2) is 16.5 Å². The zero-order valence-corrected chi connectivity index (χ0v) is 13.3. The smallest absolute Gasteiger partial charge is 0.316 e. The summed E-state index contributed by atoms with van der Waals surface area (Å²) >= 11 is 3.41. The molecule has 1 aromatic carbocycles. The van der Waals surface area contributed by atoms with Crippen LogP contribution in [0.1, 0.15) is 23.7 Å². The summed E-state index contributed by atoms with van der Waals surface area (Å²) in [4.78, 5) is 8.62. The maximum atomic E-state index is 5.61. The molecule has 0 amide bonds. The lowest BCUT2D eigenvalue weighted by Gasteiger charge is -2.08. The highest BCUT2D eigenvalue weighted by molar-refractivity contribution is 9.10. The number of hydrogen-bond acceptors (Lipinski definition) is 4. The summed E-state index contributed by atoms with van der Waals surface area (Å²) in [6.45, 7) is 6.24. The standard InChI is InChI=1S/C15H18BrN3O/c1-3-17-8-13-9-18-15(19-11(13)2)20-10-12-4-6-14(16)7-5-12/h4-7,9,17H,3,8,10H2,1-2H3. The highest BCUT2D eigenvalue weighted by atomic mass is 79.9. The fourth-order valence-corrected chi connectivity index (χ4v) is 1.97. The summed E-state index contributed by atoms with van der Waals surface area (Å²) < 4.78 is 6.67. The SMILES string of the molecule is CCNCc1cnc(OCc2ccc(Br)cc2)nc1C. The number of halogens is 1. The summed E-state index contributed by atoms with van der Waals surface area (Å²) in [5.74, 6) is 0. The average Bonchev–Trinajstić information content (AvgIpc) is 2.46. The van der Waals surface area contributed by atoms with Crippen LogP contribution < -0.4 is 10.1 Å². The van der Waals surface area contributed by atoms with Gasteiger partial charge >= 0.3 is 6.01 Å². The van der Waals surface area contributed by atoms with Gasteiger partial charge in [0.2, 0.25) is 0 Å². The fraction of sp³-hybridized carbons (Fsp3) is 0.333. The van der Waals surface area contributed by atoms with Gasteiger partial charge in [-0.3, -0.25) is 0 Å². The van der Waals surface area contributed by atoms with Crippen molar-refractivity contribution in [3.05, 3.63) is 51.8 Å². The molecule has 1 heterocycles. The van der Waals surface area contributed by atoms with Crippen molar-refractivity contribution < 1.29 is 4.74 Å². The first kappa shape index (κ1) is 14.9. The second kappa shape index (κ2) is 7.36. The number of benzene rings is 1. The highest BCUT2D eigenvalue weighted by Crippen LogP contribution is 2.13. The Labute approximate surface area is 127 Å². The summed E-state index contributed by atoms with van der Waals surface area (Å²) in [6, 6.07) is 8.42. The number of ether oxygens (including phenoxy) is 1. The third-order valence-corrected chi connectivity index (χ3v) is 3.43. The lowest BCUT2D eigenvalue weighted by molar-refractivity contribution is 0.279. The molecular formula is C15H18BrN3O. The van der Waals surface area contributed by atoms with Gasteiger partial charge in [-0.15, -0.1) is 0 Å². The van der Waals surface area contributed by atoms with Gasteiger partial charge in [-0.2, -0.15) is 0 Å². The van der Waals surface area contributed by atoms with Gasteiger partial charge in [0.15, 0.2) is 0 Å². The van der Waals surface area contributed by atoms with Crippen molar-refractivity contribution in [2.24, 2.45) is 0 Å². The number of aromatic nitrogens is 2. The fourth-order valence-electron chi connectivity index (χ4n) is 1.70. The van der Waals surface area contributed by atoms with Gasteiger partial charge in [-0.25, -0.2) is 9.97 Å². The molecule has 0 spiro atoms. The average molecular weight is 336 g/mol. The number of nitrogens with one attached hydrogen (secondary N) is 1. The zero-order chi connectivity index (χ0) is 14.4. The van der Waals surface area contributed by atoms with Crippen molar-refractivity contribution in [2.75, 3.05) is 6.54 Å². The van der Waals surface area contributed by atoms with Crippen molar-refractivity contribution in [1.29, 1.82) is 0 Å². The third-order valence-electron chi connectivity index (χ3n) is 2.91. The zero-order valence-electron chi connectivity index (χ0n) is 11.7. The van der Waals surface area contributed by atoms with Crippen LogP contribution in [0.2, 0.25) is 0 Å². The minimum absolute atomic E-state index is 0.422. The van der Waals surface area contributed by atoms with E-state index in [4.69, 9.17) is 4.74 Å². The number of nitrogens with zero attached hydrogens (tertiary/aromatic N) is 2. The van der Waals surface area contributed by atoms with Gasteiger partial charge in [-0.1, -0.05) is 35.0 Å². The molecule has 0 saturated carbocycles. The van der Waals surface area contributed by atoms with Gasteiger partial charge < -0.3 is 10.1 Å². The molecule has 0 aliphatic heterocycles. The van der Waals surface area contributed by atoms with Crippen LogP contribution in [0.5, 0.6) is 6.01 Å². The van der Waals surface area contributed by atoms with Gasteiger partial charge in [0.05, 0.1) is 0 Å². The molecule has 2 rings (SSSR count). The maximum absolute atomic E-state index is 5.61. The largest absolute Gasteiger partial charge is 0.459 e. The van der Waals surface area contributed by atoms with Crippen molar-refractivity contribution in [3.8, 4) is 6.01 Å². The first-order valence-electron chi connectivity index (χ1n) is 6.59. The minimum atomic E-state index is 0.422. The predicted octanol–water partition coefficient (Wildman–Crippen LogP) is 3.24. The Morgan fingerprint density at radius 1 is 1.25 bits per heavy atom. The lowest BCUT2D eigenvalue weighted by atomic mass is 10.2. The molecule has 0 fully saturated rings. The Morgan fingerprint density at radius 2 is 2.00 bits per heavy atom. The van der Waals surface area contributed by atoms with E-state index in [1.54, 1.807) is 0 Å². The molecule has 0 atom stereocenters. The lowest BCUT2D eigenvalue weighted by Crippen LogP contribution is -2.14. The minimum Gasteiger partial charge on any atom is -0.459 e. The summed E-state index contributed by atoms with van der Waals surface area (Å²) in [7, 11) is 0. The number of hydrogen-bond donors (Lipinski definition) is 1. The highest BCUT2D eigenvalue weighted by Gasteiger charge is 2.04. The molecule has 0 aliphatic carbocycles. The van der Waals surface area contributed by atoms with E-state index < -0.39 is 0 Å². The normalized spacial score (nSPS) is 10.6. The van der Waals surface area contributed by atoms with Crippen LogP contribution in [0.15, 0.2) is 34.9 Å². The van der Waals surface area contributed by atoms with Crippen molar-refractivity contribution in [3.63, 3.8) is 0 Å². The summed E-state index contributed by atoms with van der Waals surface area (Å²) in [5, 5.41) is 3.26. The van der Waals surface area contributed by atoms with Crippen LogP contribution in [0.3, 0.4) is 0 Å². The molecule has 0 bridgehead atoms. The molecule has 1 N–H and O–H groups in total. The van der Waals surface area contributed by atoms with Gasteiger partial charge in [0, 0.05) is 28.5 Å². The summed E-state index contributed by atoms with van der Waals surface area (Å²) in [5.41, 5.74) is 3.14. The Bertz CT molecular complexity index is 558. The van der Waals surface area contributed by atoms with Gasteiger partial charge in [0.1, 0.15) is 6.61 Å². The Morgan fingerprint density at radius 3 is 2.65 bits per heavy atom. The van der Waals surface area contributed by atoms with Gasteiger partial charge in [0.25, 0.3) is 0 Å². The molecule has 106 valence electrons. The van der Waals surface area contributed by atoms with E-state index in [2.05, 4.69) is 38.1 Å². The topological polar surface area (TPSA) is 47.0 Å². The van der Waals surface area contributed by atoms with E-state index in [-0.39, 0.29) is 0 Å². The molecule has 4 nitrogen and oxygen atoms in total. The van der Waals surface area contributed by atoms with Crippen molar-refractivity contribution >= 4 is 15.9 Å². The van der Waals surface area contributed by atoms with Crippen LogP contribution in [0.4, 0.5) is 0 Å². The van der Waals surface area contributed by atoms with Crippen LogP contribution in [0, 0.1) is 6.92 Å². The Kier molecular flexibility index (Phi) is 5.49. The Balaban J connectivity index is 1.96. The monoisotopic (exact) mass is 335 g/mol. The van der Waals surface area contributed by atoms with E-state index in [0.29, 0.717) is 12.6 Å². The molecule has 5 heteroatoms. The van der Waals surface area contributed by atoms with E-state index in [1.807, 2.05) is 37.4 Å². The van der Waals surface area contributed by atoms with Crippen molar-refractivity contribution in [1.82, 2.24) is 15.3 Å². The molecule has 20 heavy (non-hydrogen) atoms.